The van der Waals surface area contributed by atoms with Gasteiger partial charge < -0.3 is 4.42 Å². The van der Waals surface area contributed by atoms with Gasteiger partial charge in [0.05, 0.1) is 18.3 Å². The number of alkyl halides is 3. The smallest absolute Gasteiger partial charge is 0.416 e. The molecule has 0 radical (unpaired) electrons. The first-order valence-corrected chi connectivity index (χ1v) is 8.16. The van der Waals surface area contributed by atoms with E-state index in [9.17, 15) is 13.2 Å². The zero-order valence-electron chi connectivity index (χ0n) is 13.4. The van der Waals surface area contributed by atoms with Crippen LogP contribution in [0.15, 0.2) is 41.1 Å². The van der Waals surface area contributed by atoms with Crippen LogP contribution in [0.2, 0.25) is 0 Å². The van der Waals surface area contributed by atoms with Crippen molar-refractivity contribution >= 4 is 0 Å². The third-order valence-electron chi connectivity index (χ3n) is 4.47. The molecule has 0 spiro atoms. The van der Waals surface area contributed by atoms with Crippen molar-refractivity contribution in [3.63, 3.8) is 0 Å². The largest absolute Gasteiger partial charge is 0.444 e. The normalized spacial score (nSPS) is 14.5. The van der Waals surface area contributed by atoms with E-state index in [-0.39, 0.29) is 0 Å². The van der Waals surface area contributed by atoms with Gasteiger partial charge in [-0.15, -0.1) is 0 Å². The first-order chi connectivity index (χ1) is 12.0. The second-order valence-corrected chi connectivity index (χ2v) is 6.20. The van der Waals surface area contributed by atoms with E-state index in [0.29, 0.717) is 23.7 Å². The molecule has 3 aromatic rings. The van der Waals surface area contributed by atoms with Crippen LogP contribution < -0.4 is 0 Å². The van der Waals surface area contributed by atoms with E-state index in [0.717, 1.165) is 31.4 Å². The monoisotopic (exact) mass is 347 g/mol. The van der Waals surface area contributed by atoms with E-state index in [4.69, 9.17) is 4.42 Å². The van der Waals surface area contributed by atoms with E-state index in [2.05, 4.69) is 10.1 Å². The molecular formula is C18H16F3N3O. The Kier molecular flexibility index (Phi) is 3.86. The molecule has 0 atom stereocenters. The van der Waals surface area contributed by atoms with Crippen molar-refractivity contribution in [1.82, 2.24) is 14.8 Å². The van der Waals surface area contributed by atoms with E-state index in [1.165, 1.54) is 36.1 Å². The van der Waals surface area contributed by atoms with Gasteiger partial charge in [0.2, 0.25) is 5.89 Å². The van der Waals surface area contributed by atoms with Gasteiger partial charge in [-0.25, -0.2) is 4.98 Å². The number of rotatable bonds is 3. The molecule has 25 heavy (non-hydrogen) atoms. The minimum absolute atomic E-state index is 0.310. The summed E-state index contributed by atoms with van der Waals surface area (Å²) in [6, 6.07) is 4.80. The first-order valence-electron chi connectivity index (χ1n) is 8.16. The van der Waals surface area contributed by atoms with Crippen molar-refractivity contribution in [2.75, 3.05) is 0 Å². The Labute approximate surface area is 142 Å². The van der Waals surface area contributed by atoms with Crippen molar-refractivity contribution in [2.24, 2.45) is 0 Å². The number of benzene rings is 1. The number of halogens is 3. The lowest BCUT2D eigenvalue weighted by Crippen LogP contribution is -2.10. The maximum Gasteiger partial charge on any atom is 0.416 e. The van der Waals surface area contributed by atoms with Crippen LogP contribution in [-0.2, 0) is 25.6 Å². The average Bonchev–Trinajstić information content (AvgIpc) is 3.22. The minimum Gasteiger partial charge on any atom is -0.444 e. The number of aromatic nitrogens is 3. The predicted octanol–water partition coefficient (Wildman–Crippen LogP) is 4.48. The quantitative estimate of drug-likeness (QED) is 0.701. The van der Waals surface area contributed by atoms with Crippen LogP contribution >= 0.6 is 0 Å². The molecule has 0 unspecified atom stereocenters. The lowest BCUT2D eigenvalue weighted by atomic mass is 9.98. The van der Waals surface area contributed by atoms with Gasteiger partial charge in [0.15, 0.2) is 0 Å². The fraction of sp³-hybridized carbons (Fsp3) is 0.333. The molecule has 1 aromatic carbocycles. The number of hydrogen-bond donors (Lipinski definition) is 0. The molecule has 2 heterocycles. The molecule has 0 N–H and O–H groups in total. The third kappa shape index (κ3) is 3.18. The molecule has 7 heteroatoms. The second-order valence-electron chi connectivity index (χ2n) is 6.20. The highest BCUT2D eigenvalue weighted by molar-refractivity contribution is 5.54. The lowest BCUT2D eigenvalue weighted by molar-refractivity contribution is -0.137. The molecule has 130 valence electrons. The van der Waals surface area contributed by atoms with Crippen LogP contribution in [0.4, 0.5) is 13.2 Å². The maximum absolute atomic E-state index is 12.6. The Morgan fingerprint density at radius 1 is 1.08 bits per heavy atom. The Morgan fingerprint density at radius 3 is 2.60 bits per heavy atom. The molecule has 4 nitrogen and oxygen atoms in total. The molecule has 1 aliphatic rings. The maximum atomic E-state index is 12.6. The zero-order valence-corrected chi connectivity index (χ0v) is 13.4. The first kappa shape index (κ1) is 15.9. The van der Waals surface area contributed by atoms with Gasteiger partial charge in [0.25, 0.3) is 0 Å². The fourth-order valence-electron chi connectivity index (χ4n) is 3.16. The number of aryl methyl sites for hydroxylation is 1. The summed E-state index contributed by atoms with van der Waals surface area (Å²) < 4.78 is 45.3. The van der Waals surface area contributed by atoms with E-state index in [1.807, 2.05) is 10.9 Å². The van der Waals surface area contributed by atoms with E-state index < -0.39 is 11.7 Å². The fourth-order valence-corrected chi connectivity index (χ4v) is 3.16. The SMILES string of the molecule is FC(F)(F)c1ccc(-c2nc(Cn3ncc4c3CCCC4)co2)cc1. The van der Waals surface area contributed by atoms with Crippen molar-refractivity contribution in [3.05, 3.63) is 59.2 Å². The molecule has 0 saturated heterocycles. The van der Waals surface area contributed by atoms with Crippen LogP contribution in [0, 0.1) is 0 Å². The molecule has 0 fully saturated rings. The average molecular weight is 347 g/mol. The van der Waals surface area contributed by atoms with Gasteiger partial charge in [-0.1, -0.05) is 0 Å². The predicted molar refractivity (Wildman–Crippen MR) is 84.9 cm³/mol. The van der Waals surface area contributed by atoms with Crippen molar-refractivity contribution in [3.8, 4) is 11.5 Å². The van der Waals surface area contributed by atoms with E-state index >= 15 is 0 Å². The van der Waals surface area contributed by atoms with Crippen LogP contribution in [-0.4, -0.2) is 14.8 Å². The van der Waals surface area contributed by atoms with E-state index in [1.54, 1.807) is 0 Å². The molecule has 4 rings (SSSR count). The van der Waals surface area contributed by atoms with Gasteiger partial charge in [-0.05, 0) is 55.5 Å². The van der Waals surface area contributed by atoms with Crippen LogP contribution in [0.5, 0.6) is 0 Å². The Bertz CT molecular complexity index is 878. The number of fused-ring (bicyclic) bond motifs is 1. The van der Waals surface area contributed by atoms with Crippen molar-refractivity contribution < 1.29 is 17.6 Å². The van der Waals surface area contributed by atoms with Crippen LogP contribution in [0.1, 0.15) is 35.4 Å². The van der Waals surface area contributed by atoms with Gasteiger partial charge in [0.1, 0.15) is 12.0 Å². The molecule has 2 aromatic heterocycles. The Hall–Kier alpha value is -2.57. The van der Waals surface area contributed by atoms with Gasteiger partial charge >= 0.3 is 6.18 Å². The number of oxazole rings is 1. The highest BCUT2D eigenvalue weighted by atomic mass is 19.4. The summed E-state index contributed by atoms with van der Waals surface area (Å²) in [5.74, 6) is 0.310. The van der Waals surface area contributed by atoms with Gasteiger partial charge in [0, 0.05) is 11.3 Å². The molecule has 0 saturated carbocycles. The number of hydrogen-bond acceptors (Lipinski definition) is 3. The molecular weight excluding hydrogens is 331 g/mol. The molecule has 0 aliphatic heterocycles. The summed E-state index contributed by atoms with van der Waals surface area (Å²) >= 11 is 0. The standard InChI is InChI=1S/C18H16F3N3O/c19-18(20,21)14-7-5-12(6-8-14)17-23-15(11-25-17)10-24-16-4-2-1-3-13(16)9-22-24/h5-9,11H,1-4,10H2. The highest BCUT2D eigenvalue weighted by Crippen LogP contribution is 2.31. The van der Waals surface area contributed by atoms with Crippen LogP contribution in [0.3, 0.4) is 0 Å². The summed E-state index contributed by atoms with van der Waals surface area (Å²) in [5.41, 5.74) is 3.06. The summed E-state index contributed by atoms with van der Waals surface area (Å²) in [6.07, 6.45) is 3.52. The van der Waals surface area contributed by atoms with Crippen molar-refractivity contribution in [1.29, 1.82) is 0 Å². The summed E-state index contributed by atoms with van der Waals surface area (Å²) in [7, 11) is 0. The molecule has 1 aliphatic carbocycles. The zero-order chi connectivity index (χ0) is 17.4. The summed E-state index contributed by atoms with van der Waals surface area (Å²) in [4.78, 5) is 4.39. The summed E-state index contributed by atoms with van der Waals surface area (Å²) in [5, 5.41) is 4.42. The lowest BCUT2D eigenvalue weighted by Gasteiger charge is -2.12. The number of nitrogens with zero attached hydrogens (tertiary/aromatic N) is 3. The topological polar surface area (TPSA) is 43.9 Å². The summed E-state index contributed by atoms with van der Waals surface area (Å²) in [6.45, 7) is 0.499. The molecule has 0 amide bonds. The van der Waals surface area contributed by atoms with Gasteiger partial charge in [-0.2, -0.15) is 18.3 Å². The minimum atomic E-state index is -4.35. The Morgan fingerprint density at radius 2 is 1.84 bits per heavy atom. The van der Waals surface area contributed by atoms with Crippen molar-refractivity contribution in [2.45, 2.75) is 38.4 Å². The second kappa shape index (κ2) is 6.06. The van der Waals surface area contributed by atoms with Crippen LogP contribution in [0.25, 0.3) is 11.5 Å². The highest BCUT2D eigenvalue weighted by Gasteiger charge is 2.30. The van der Waals surface area contributed by atoms with Gasteiger partial charge in [-0.3, -0.25) is 4.68 Å². The Balaban J connectivity index is 1.53. The third-order valence-corrected chi connectivity index (χ3v) is 4.47. The molecule has 0 bridgehead atoms.